The molecule has 1 aromatic heterocycles. The Balaban J connectivity index is 1.68. The number of methoxy groups -OCH3 is 1. The predicted octanol–water partition coefficient (Wildman–Crippen LogP) is 2.77. The van der Waals surface area contributed by atoms with Crippen molar-refractivity contribution in [2.75, 3.05) is 20.3 Å². The molecule has 5 heteroatoms. The molecule has 5 nitrogen and oxygen atoms in total. The molecule has 1 fully saturated rings. The SMILES string of the molecule is COCc1cc(/C=C/c2ccccc2OCC2CO2)no1. The summed E-state index contributed by atoms with van der Waals surface area (Å²) in [6.45, 7) is 1.80. The number of hydrogen-bond donors (Lipinski definition) is 0. The molecule has 1 atom stereocenters. The van der Waals surface area contributed by atoms with Gasteiger partial charge in [0.2, 0.25) is 0 Å². The van der Waals surface area contributed by atoms with Crippen LogP contribution in [0.1, 0.15) is 17.0 Å². The third kappa shape index (κ3) is 3.93. The third-order valence-electron chi connectivity index (χ3n) is 3.04. The Hall–Kier alpha value is -2.11. The van der Waals surface area contributed by atoms with Crippen LogP contribution >= 0.6 is 0 Å². The molecular weight excluding hydrogens is 270 g/mol. The fourth-order valence-corrected chi connectivity index (χ4v) is 1.89. The highest BCUT2D eigenvalue weighted by atomic mass is 16.6. The molecule has 0 amide bonds. The molecule has 0 spiro atoms. The summed E-state index contributed by atoms with van der Waals surface area (Å²) in [5.41, 5.74) is 1.75. The van der Waals surface area contributed by atoms with Crippen LogP contribution in [0.4, 0.5) is 0 Å². The Labute approximate surface area is 123 Å². The van der Waals surface area contributed by atoms with E-state index in [1.54, 1.807) is 7.11 Å². The summed E-state index contributed by atoms with van der Waals surface area (Å²) in [5, 5.41) is 3.96. The lowest BCUT2D eigenvalue weighted by molar-refractivity contribution is 0.156. The largest absolute Gasteiger partial charge is 0.490 e. The molecule has 1 aliphatic heterocycles. The van der Waals surface area contributed by atoms with Gasteiger partial charge >= 0.3 is 0 Å². The lowest BCUT2D eigenvalue weighted by Crippen LogP contribution is -2.04. The van der Waals surface area contributed by atoms with Crippen LogP contribution in [0.5, 0.6) is 5.75 Å². The van der Waals surface area contributed by atoms with Crippen molar-refractivity contribution in [2.24, 2.45) is 0 Å². The van der Waals surface area contributed by atoms with E-state index in [1.165, 1.54) is 0 Å². The van der Waals surface area contributed by atoms with Gasteiger partial charge in [0.15, 0.2) is 5.76 Å². The Morgan fingerprint density at radius 2 is 2.19 bits per heavy atom. The van der Waals surface area contributed by atoms with E-state index in [9.17, 15) is 0 Å². The van der Waals surface area contributed by atoms with Crippen LogP contribution in [0.3, 0.4) is 0 Å². The minimum atomic E-state index is 0.245. The number of nitrogens with zero attached hydrogens (tertiary/aromatic N) is 1. The number of rotatable bonds is 7. The van der Waals surface area contributed by atoms with Crippen molar-refractivity contribution in [3.8, 4) is 5.75 Å². The lowest BCUT2D eigenvalue weighted by Gasteiger charge is -2.07. The minimum Gasteiger partial charge on any atom is -0.490 e. The van der Waals surface area contributed by atoms with Crippen molar-refractivity contribution in [1.82, 2.24) is 5.16 Å². The number of epoxide rings is 1. The van der Waals surface area contributed by atoms with Gasteiger partial charge in [-0.1, -0.05) is 23.4 Å². The fourth-order valence-electron chi connectivity index (χ4n) is 1.89. The molecular formula is C16H17NO4. The van der Waals surface area contributed by atoms with Crippen molar-refractivity contribution in [3.05, 3.63) is 47.3 Å². The van der Waals surface area contributed by atoms with Gasteiger partial charge in [0.05, 0.1) is 6.61 Å². The van der Waals surface area contributed by atoms with E-state index in [1.807, 2.05) is 42.5 Å². The number of para-hydroxylation sites is 1. The molecule has 1 saturated heterocycles. The summed E-state index contributed by atoms with van der Waals surface area (Å²) in [7, 11) is 1.62. The zero-order chi connectivity index (χ0) is 14.5. The van der Waals surface area contributed by atoms with Gasteiger partial charge < -0.3 is 18.7 Å². The summed E-state index contributed by atoms with van der Waals surface area (Å²) in [6, 6.07) is 9.71. The van der Waals surface area contributed by atoms with Gasteiger partial charge in [-0.2, -0.15) is 0 Å². The van der Waals surface area contributed by atoms with E-state index in [2.05, 4.69) is 5.16 Å². The molecule has 0 aliphatic carbocycles. The topological polar surface area (TPSA) is 57.0 Å². The molecule has 0 saturated carbocycles. The molecule has 1 unspecified atom stereocenters. The summed E-state index contributed by atoms with van der Waals surface area (Å²) >= 11 is 0. The monoisotopic (exact) mass is 287 g/mol. The van der Waals surface area contributed by atoms with E-state index in [0.717, 1.165) is 23.6 Å². The van der Waals surface area contributed by atoms with Crippen LogP contribution in [0, 0.1) is 0 Å². The van der Waals surface area contributed by atoms with E-state index in [-0.39, 0.29) is 6.10 Å². The minimum absolute atomic E-state index is 0.245. The molecule has 21 heavy (non-hydrogen) atoms. The maximum Gasteiger partial charge on any atom is 0.162 e. The van der Waals surface area contributed by atoms with Gasteiger partial charge in [0.25, 0.3) is 0 Å². The molecule has 0 bridgehead atoms. The highest BCUT2D eigenvalue weighted by molar-refractivity contribution is 5.71. The molecule has 2 aromatic rings. The zero-order valence-corrected chi connectivity index (χ0v) is 11.8. The van der Waals surface area contributed by atoms with Gasteiger partial charge in [-0.25, -0.2) is 0 Å². The van der Waals surface area contributed by atoms with Gasteiger partial charge in [-0.05, 0) is 18.2 Å². The molecule has 2 heterocycles. The quantitative estimate of drug-likeness (QED) is 0.733. The van der Waals surface area contributed by atoms with E-state index < -0.39 is 0 Å². The lowest BCUT2D eigenvalue weighted by atomic mass is 10.1. The maximum atomic E-state index is 5.75. The molecule has 0 N–H and O–H groups in total. The van der Waals surface area contributed by atoms with E-state index in [4.69, 9.17) is 18.7 Å². The average molecular weight is 287 g/mol. The van der Waals surface area contributed by atoms with Gasteiger partial charge in [0, 0.05) is 18.7 Å². The molecule has 0 radical (unpaired) electrons. The standard InChI is InChI=1S/C16H17NO4/c1-18-9-14-8-13(17-21-14)7-6-12-4-2-3-5-16(12)20-11-15-10-19-15/h2-8,15H,9-11H2,1H3/b7-6+. The van der Waals surface area contributed by atoms with Crippen LogP contribution in [-0.2, 0) is 16.1 Å². The first kappa shape index (κ1) is 13.9. The average Bonchev–Trinajstić information content (AvgIpc) is 3.23. The normalized spacial score (nSPS) is 17.3. The molecule has 1 aliphatic rings. The van der Waals surface area contributed by atoms with Crippen LogP contribution in [0.2, 0.25) is 0 Å². The third-order valence-corrected chi connectivity index (χ3v) is 3.04. The summed E-state index contributed by atoms with van der Waals surface area (Å²) in [4.78, 5) is 0. The predicted molar refractivity (Wildman–Crippen MR) is 77.8 cm³/mol. The zero-order valence-electron chi connectivity index (χ0n) is 11.8. The first-order valence-electron chi connectivity index (χ1n) is 6.81. The number of hydrogen-bond acceptors (Lipinski definition) is 5. The fraction of sp³-hybridized carbons (Fsp3) is 0.312. The molecule has 1 aromatic carbocycles. The second-order valence-electron chi connectivity index (χ2n) is 4.79. The first-order valence-corrected chi connectivity index (χ1v) is 6.81. The first-order chi connectivity index (χ1) is 10.3. The Morgan fingerprint density at radius 3 is 3.00 bits per heavy atom. The number of benzene rings is 1. The Kier molecular flexibility index (Phi) is 4.33. The molecule has 110 valence electrons. The van der Waals surface area contributed by atoms with Crippen LogP contribution in [0.25, 0.3) is 12.2 Å². The van der Waals surface area contributed by atoms with Crippen molar-refractivity contribution < 1.29 is 18.7 Å². The van der Waals surface area contributed by atoms with Crippen LogP contribution in [-0.4, -0.2) is 31.6 Å². The highest BCUT2D eigenvalue weighted by Crippen LogP contribution is 2.22. The van der Waals surface area contributed by atoms with Crippen molar-refractivity contribution in [2.45, 2.75) is 12.7 Å². The van der Waals surface area contributed by atoms with Crippen molar-refractivity contribution in [1.29, 1.82) is 0 Å². The van der Waals surface area contributed by atoms with E-state index >= 15 is 0 Å². The molecule has 3 rings (SSSR count). The second kappa shape index (κ2) is 6.56. The maximum absolute atomic E-state index is 5.75. The Morgan fingerprint density at radius 1 is 1.33 bits per heavy atom. The highest BCUT2D eigenvalue weighted by Gasteiger charge is 2.23. The number of aromatic nitrogens is 1. The van der Waals surface area contributed by atoms with Gasteiger partial charge in [-0.15, -0.1) is 0 Å². The number of ether oxygens (including phenoxy) is 3. The van der Waals surface area contributed by atoms with Crippen LogP contribution in [0.15, 0.2) is 34.9 Å². The van der Waals surface area contributed by atoms with Crippen LogP contribution < -0.4 is 4.74 Å². The van der Waals surface area contributed by atoms with Crippen molar-refractivity contribution >= 4 is 12.2 Å². The summed E-state index contributed by atoms with van der Waals surface area (Å²) in [6.07, 6.45) is 4.09. The summed E-state index contributed by atoms with van der Waals surface area (Å²) in [5.74, 6) is 1.54. The summed E-state index contributed by atoms with van der Waals surface area (Å²) < 4.78 is 21.0. The Bertz CT molecular complexity index is 616. The van der Waals surface area contributed by atoms with Gasteiger partial charge in [0.1, 0.15) is 30.8 Å². The van der Waals surface area contributed by atoms with Gasteiger partial charge in [-0.3, -0.25) is 0 Å². The smallest absolute Gasteiger partial charge is 0.162 e. The van der Waals surface area contributed by atoms with E-state index in [0.29, 0.717) is 19.0 Å². The second-order valence-corrected chi connectivity index (χ2v) is 4.79. The van der Waals surface area contributed by atoms with Crippen molar-refractivity contribution in [3.63, 3.8) is 0 Å².